The summed E-state index contributed by atoms with van der Waals surface area (Å²) in [6.45, 7) is 4.18. The van der Waals surface area contributed by atoms with Gasteiger partial charge in [0.2, 0.25) is 11.0 Å². The van der Waals surface area contributed by atoms with Crippen molar-refractivity contribution in [1.82, 2.24) is 10.2 Å². The molecule has 4 nitrogen and oxygen atoms in total. The second kappa shape index (κ2) is 6.50. The maximum atomic E-state index is 11.8. The van der Waals surface area contributed by atoms with Crippen LogP contribution in [-0.2, 0) is 4.79 Å². The highest BCUT2D eigenvalue weighted by Crippen LogP contribution is 2.16. The van der Waals surface area contributed by atoms with Crippen molar-refractivity contribution in [2.45, 2.75) is 39.5 Å². The van der Waals surface area contributed by atoms with Gasteiger partial charge in [-0.05, 0) is 12.8 Å². The highest BCUT2D eigenvalue weighted by Gasteiger charge is 2.16. The zero-order valence-corrected chi connectivity index (χ0v) is 10.0. The number of unbranched alkanes of at least 4 members (excludes halogenated alkanes) is 1. The van der Waals surface area contributed by atoms with Crippen molar-refractivity contribution < 1.29 is 4.79 Å². The lowest BCUT2D eigenvalue weighted by Gasteiger charge is -2.12. The van der Waals surface area contributed by atoms with Crippen LogP contribution in [0.2, 0.25) is 0 Å². The summed E-state index contributed by atoms with van der Waals surface area (Å²) in [6, 6.07) is 0. The van der Waals surface area contributed by atoms with Crippen LogP contribution in [0.3, 0.4) is 0 Å². The number of hydrogen-bond acceptors (Lipinski definition) is 4. The van der Waals surface area contributed by atoms with Gasteiger partial charge in [0, 0.05) is 5.92 Å². The molecule has 1 N–H and O–H groups in total. The van der Waals surface area contributed by atoms with Crippen molar-refractivity contribution >= 4 is 22.4 Å². The number of hydrogen-bond donors (Lipinski definition) is 1. The summed E-state index contributed by atoms with van der Waals surface area (Å²) >= 11 is 1.35. The Morgan fingerprint density at radius 2 is 2.40 bits per heavy atom. The van der Waals surface area contributed by atoms with Crippen LogP contribution in [0.1, 0.15) is 39.5 Å². The minimum Gasteiger partial charge on any atom is -0.300 e. The topological polar surface area (TPSA) is 54.9 Å². The maximum Gasteiger partial charge on any atom is 0.229 e. The number of nitrogens with one attached hydrogen (secondary N) is 1. The van der Waals surface area contributed by atoms with Crippen LogP contribution in [0.15, 0.2) is 5.51 Å². The first kappa shape index (κ1) is 12.1. The highest BCUT2D eigenvalue weighted by atomic mass is 32.1. The molecule has 1 heterocycles. The second-order valence-corrected chi connectivity index (χ2v) is 4.31. The smallest absolute Gasteiger partial charge is 0.229 e. The van der Waals surface area contributed by atoms with Gasteiger partial charge >= 0.3 is 0 Å². The lowest BCUT2D eigenvalue weighted by molar-refractivity contribution is -0.120. The largest absolute Gasteiger partial charge is 0.300 e. The minimum atomic E-state index is 0.0719. The molecule has 1 unspecified atom stereocenters. The summed E-state index contributed by atoms with van der Waals surface area (Å²) in [4.78, 5) is 11.8. The summed E-state index contributed by atoms with van der Waals surface area (Å²) in [5.41, 5.74) is 1.61. The fourth-order valence-corrected chi connectivity index (χ4v) is 1.85. The van der Waals surface area contributed by atoms with E-state index in [2.05, 4.69) is 22.4 Å². The molecule has 1 atom stereocenters. The van der Waals surface area contributed by atoms with E-state index in [0.717, 1.165) is 25.7 Å². The summed E-state index contributed by atoms with van der Waals surface area (Å²) in [7, 11) is 0. The van der Waals surface area contributed by atoms with Crippen molar-refractivity contribution in [3.05, 3.63) is 5.51 Å². The minimum absolute atomic E-state index is 0.0719. The van der Waals surface area contributed by atoms with Crippen LogP contribution < -0.4 is 5.32 Å². The molecule has 1 amide bonds. The van der Waals surface area contributed by atoms with Crippen LogP contribution in [0.5, 0.6) is 0 Å². The van der Waals surface area contributed by atoms with E-state index >= 15 is 0 Å². The van der Waals surface area contributed by atoms with E-state index in [1.54, 1.807) is 5.51 Å². The van der Waals surface area contributed by atoms with Crippen LogP contribution in [0, 0.1) is 5.92 Å². The van der Waals surface area contributed by atoms with Gasteiger partial charge in [0.15, 0.2) is 0 Å². The number of carbonyl (C=O) groups is 1. The molecule has 15 heavy (non-hydrogen) atoms. The first-order valence-corrected chi connectivity index (χ1v) is 6.22. The molecule has 0 radical (unpaired) electrons. The normalized spacial score (nSPS) is 12.4. The Morgan fingerprint density at radius 3 is 2.93 bits per heavy atom. The molecule has 0 aliphatic heterocycles. The first-order chi connectivity index (χ1) is 7.27. The maximum absolute atomic E-state index is 11.8. The third-order valence-electron chi connectivity index (χ3n) is 2.36. The van der Waals surface area contributed by atoms with Crippen molar-refractivity contribution in [1.29, 1.82) is 0 Å². The quantitative estimate of drug-likeness (QED) is 0.813. The average Bonchev–Trinajstić information content (AvgIpc) is 2.71. The summed E-state index contributed by atoms with van der Waals surface area (Å²) in [5, 5.41) is 10.8. The van der Waals surface area contributed by atoms with Gasteiger partial charge in [-0.1, -0.05) is 38.0 Å². The lowest BCUT2D eigenvalue weighted by atomic mass is 9.99. The van der Waals surface area contributed by atoms with E-state index in [4.69, 9.17) is 0 Å². The molecule has 0 saturated carbocycles. The fourth-order valence-electron chi connectivity index (χ4n) is 1.41. The molecular formula is C10H17N3OS. The Balaban J connectivity index is 2.43. The number of carbonyl (C=O) groups excluding carboxylic acids is 1. The highest BCUT2D eigenvalue weighted by molar-refractivity contribution is 7.13. The molecule has 0 aromatic carbocycles. The molecule has 0 fully saturated rings. The van der Waals surface area contributed by atoms with Crippen molar-refractivity contribution in [2.24, 2.45) is 5.92 Å². The van der Waals surface area contributed by atoms with Crippen LogP contribution in [-0.4, -0.2) is 16.1 Å². The van der Waals surface area contributed by atoms with Gasteiger partial charge in [-0.15, -0.1) is 10.2 Å². The van der Waals surface area contributed by atoms with E-state index in [0.29, 0.717) is 5.13 Å². The van der Waals surface area contributed by atoms with Crippen molar-refractivity contribution in [2.75, 3.05) is 5.32 Å². The van der Waals surface area contributed by atoms with Gasteiger partial charge in [-0.25, -0.2) is 0 Å². The third-order valence-corrected chi connectivity index (χ3v) is 2.97. The van der Waals surface area contributed by atoms with Crippen LogP contribution >= 0.6 is 11.3 Å². The Hall–Kier alpha value is -0.970. The molecule has 0 saturated heterocycles. The molecule has 1 aromatic rings. The van der Waals surface area contributed by atoms with Gasteiger partial charge in [0.1, 0.15) is 5.51 Å². The molecule has 5 heteroatoms. The molecule has 1 aromatic heterocycles. The number of rotatable bonds is 6. The van der Waals surface area contributed by atoms with E-state index < -0.39 is 0 Å². The van der Waals surface area contributed by atoms with Crippen molar-refractivity contribution in [3.63, 3.8) is 0 Å². The van der Waals surface area contributed by atoms with Crippen LogP contribution in [0.4, 0.5) is 5.13 Å². The van der Waals surface area contributed by atoms with Crippen LogP contribution in [0.25, 0.3) is 0 Å². The molecule has 84 valence electrons. The average molecular weight is 227 g/mol. The Bertz CT molecular complexity index is 287. The van der Waals surface area contributed by atoms with E-state index in [1.807, 2.05) is 6.92 Å². The van der Waals surface area contributed by atoms with Gasteiger partial charge in [0.05, 0.1) is 0 Å². The number of aromatic nitrogens is 2. The van der Waals surface area contributed by atoms with Gasteiger partial charge in [0.25, 0.3) is 0 Å². The third kappa shape index (κ3) is 3.95. The van der Waals surface area contributed by atoms with Crippen molar-refractivity contribution in [3.8, 4) is 0 Å². The first-order valence-electron chi connectivity index (χ1n) is 5.35. The van der Waals surface area contributed by atoms with Gasteiger partial charge < -0.3 is 5.32 Å². The fraction of sp³-hybridized carbons (Fsp3) is 0.700. The molecule has 0 aliphatic rings. The van der Waals surface area contributed by atoms with E-state index in [1.165, 1.54) is 11.3 Å². The Labute approximate surface area is 94.1 Å². The number of nitrogens with zero attached hydrogens (tertiary/aromatic N) is 2. The lowest BCUT2D eigenvalue weighted by Crippen LogP contribution is -2.22. The Morgan fingerprint density at radius 1 is 1.60 bits per heavy atom. The molecule has 0 aliphatic carbocycles. The van der Waals surface area contributed by atoms with E-state index in [9.17, 15) is 4.79 Å². The second-order valence-electron chi connectivity index (χ2n) is 3.48. The summed E-state index contributed by atoms with van der Waals surface area (Å²) in [6.07, 6.45) is 4.06. The predicted octanol–water partition coefficient (Wildman–Crippen LogP) is 2.69. The molecule has 1 rings (SSSR count). The standard InChI is InChI=1S/C10H17N3OS/c1-3-5-6-8(4-2)9(14)12-10-13-11-7-15-10/h7-8H,3-6H2,1-2H3,(H,12,13,14). The zero-order valence-electron chi connectivity index (χ0n) is 9.19. The van der Waals surface area contributed by atoms with Gasteiger partial charge in [-0.3, -0.25) is 4.79 Å². The molecule has 0 spiro atoms. The molecule has 0 bridgehead atoms. The summed E-state index contributed by atoms with van der Waals surface area (Å²) in [5.74, 6) is 0.177. The monoisotopic (exact) mass is 227 g/mol. The summed E-state index contributed by atoms with van der Waals surface area (Å²) < 4.78 is 0. The number of amides is 1. The Kier molecular flexibility index (Phi) is 5.25. The SMILES string of the molecule is CCCCC(CC)C(=O)Nc1nncs1. The molecular weight excluding hydrogens is 210 g/mol. The number of anilines is 1. The predicted molar refractivity (Wildman–Crippen MR) is 61.8 cm³/mol. The van der Waals surface area contributed by atoms with E-state index in [-0.39, 0.29) is 11.8 Å². The zero-order chi connectivity index (χ0) is 11.1. The van der Waals surface area contributed by atoms with Gasteiger partial charge in [-0.2, -0.15) is 0 Å².